The van der Waals surface area contributed by atoms with E-state index in [1.165, 1.54) is 0 Å². The highest BCUT2D eigenvalue weighted by Gasteiger charge is 2.72. The molecule has 0 aliphatic heterocycles. The van der Waals surface area contributed by atoms with Crippen LogP contribution in [0.25, 0.3) is 0 Å². The maximum Gasteiger partial charge on any atom is 0.231 e. The second kappa shape index (κ2) is 4.58. The van der Waals surface area contributed by atoms with Crippen LogP contribution < -0.4 is 5.32 Å². The van der Waals surface area contributed by atoms with Crippen LogP contribution in [-0.2, 0) is 9.59 Å². The molecular weight excluding hydrogens is 298 g/mol. The van der Waals surface area contributed by atoms with Crippen LogP contribution in [0.15, 0.2) is 18.2 Å². The normalized spacial score (nSPS) is 32.3. The van der Waals surface area contributed by atoms with E-state index in [1.807, 2.05) is 26.0 Å². The highest BCUT2D eigenvalue weighted by Crippen LogP contribution is 2.70. The van der Waals surface area contributed by atoms with Crippen LogP contribution in [0.5, 0.6) is 0 Å². The fourth-order valence-electron chi connectivity index (χ4n) is 4.35. The lowest BCUT2D eigenvalue weighted by atomic mass is 9.64. The highest BCUT2D eigenvalue weighted by atomic mass is 35.5. The molecule has 0 aromatic heterocycles. The molecule has 118 valence electrons. The summed E-state index contributed by atoms with van der Waals surface area (Å²) in [6.07, 6.45) is 1.91. The lowest BCUT2D eigenvalue weighted by molar-refractivity contribution is -0.131. The molecule has 4 heteroatoms. The van der Waals surface area contributed by atoms with E-state index in [0.29, 0.717) is 11.4 Å². The van der Waals surface area contributed by atoms with Crippen LogP contribution in [0.2, 0.25) is 5.02 Å². The first kappa shape index (κ1) is 15.5. The van der Waals surface area contributed by atoms with E-state index < -0.39 is 5.41 Å². The Morgan fingerprint density at radius 1 is 1.23 bits per heavy atom. The molecule has 2 aliphatic rings. The Bertz CT molecular complexity index is 682. The number of ketones is 1. The number of fused-ring (bicyclic) bond motifs is 2. The number of nitrogens with one attached hydrogen (secondary N) is 1. The second-order valence-corrected chi connectivity index (χ2v) is 7.91. The molecule has 0 radical (unpaired) electrons. The largest absolute Gasteiger partial charge is 0.325 e. The van der Waals surface area contributed by atoms with Crippen LogP contribution in [0.4, 0.5) is 5.69 Å². The maximum atomic E-state index is 13.1. The van der Waals surface area contributed by atoms with Crippen molar-refractivity contribution in [2.24, 2.45) is 16.2 Å². The van der Waals surface area contributed by atoms with Gasteiger partial charge < -0.3 is 5.32 Å². The molecule has 2 bridgehead atoms. The summed E-state index contributed by atoms with van der Waals surface area (Å²) in [7, 11) is 0. The summed E-state index contributed by atoms with van der Waals surface area (Å²) in [5.41, 5.74) is 0.280. The van der Waals surface area contributed by atoms with Gasteiger partial charge in [0.1, 0.15) is 5.78 Å². The minimum atomic E-state index is -0.604. The molecule has 2 saturated carbocycles. The molecular formula is C18H22ClNO2. The monoisotopic (exact) mass is 319 g/mol. The smallest absolute Gasteiger partial charge is 0.231 e. The molecule has 1 amide bonds. The fraction of sp³-hybridized carbons (Fsp3) is 0.556. The van der Waals surface area contributed by atoms with E-state index in [0.717, 1.165) is 24.1 Å². The number of carbonyl (C=O) groups excluding carboxylic acids is 2. The Kier molecular flexibility index (Phi) is 3.23. The van der Waals surface area contributed by atoms with Crippen molar-refractivity contribution in [3.05, 3.63) is 28.8 Å². The molecule has 2 aliphatic carbocycles. The first-order valence-electron chi connectivity index (χ1n) is 7.76. The highest BCUT2D eigenvalue weighted by molar-refractivity contribution is 6.31. The quantitative estimate of drug-likeness (QED) is 0.879. The van der Waals surface area contributed by atoms with E-state index in [1.54, 1.807) is 6.07 Å². The van der Waals surface area contributed by atoms with E-state index in [9.17, 15) is 9.59 Å². The summed E-state index contributed by atoms with van der Waals surface area (Å²) >= 11 is 6.13. The van der Waals surface area contributed by atoms with Gasteiger partial charge in [0.05, 0.1) is 5.41 Å². The van der Waals surface area contributed by atoms with Gasteiger partial charge in [0.25, 0.3) is 0 Å². The number of hydrogen-bond donors (Lipinski definition) is 1. The number of carbonyl (C=O) groups is 2. The van der Waals surface area contributed by atoms with E-state index in [-0.39, 0.29) is 22.5 Å². The topological polar surface area (TPSA) is 46.2 Å². The molecule has 2 atom stereocenters. The Labute approximate surface area is 136 Å². The van der Waals surface area contributed by atoms with Crippen LogP contribution in [0.1, 0.15) is 45.6 Å². The second-order valence-electron chi connectivity index (χ2n) is 7.51. The third kappa shape index (κ3) is 1.69. The fourth-order valence-corrected chi connectivity index (χ4v) is 4.52. The van der Waals surface area contributed by atoms with Crippen molar-refractivity contribution in [1.29, 1.82) is 0 Å². The Morgan fingerprint density at radius 2 is 1.91 bits per heavy atom. The Morgan fingerprint density at radius 3 is 2.45 bits per heavy atom. The summed E-state index contributed by atoms with van der Waals surface area (Å²) in [4.78, 5) is 25.5. The van der Waals surface area contributed by atoms with Gasteiger partial charge in [0.2, 0.25) is 5.91 Å². The van der Waals surface area contributed by atoms with E-state index in [4.69, 9.17) is 11.6 Å². The van der Waals surface area contributed by atoms with Crippen LogP contribution >= 0.6 is 11.6 Å². The van der Waals surface area contributed by atoms with Crippen LogP contribution in [-0.4, -0.2) is 11.7 Å². The first-order chi connectivity index (χ1) is 10.2. The number of anilines is 1. The maximum absolute atomic E-state index is 13.1. The van der Waals surface area contributed by atoms with Crippen LogP contribution in [0.3, 0.4) is 0 Å². The van der Waals surface area contributed by atoms with Gasteiger partial charge >= 0.3 is 0 Å². The zero-order valence-electron chi connectivity index (χ0n) is 13.5. The van der Waals surface area contributed by atoms with Crippen molar-refractivity contribution >= 4 is 29.0 Å². The molecule has 3 nitrogen and oxygen atoms in total. The predicted octanol–water partition coefficient (Wildman–Crippen LogP) is 4.37. The van der Waals surface area contributed by atoms with E-state index in [2.05, 4.69) is 19.2 Å². The Hall–Kier alpha value is -1.35. The van der Waals surface area contributed by atoms with Gasteiger partial charge in [0, 0.05) is 22.5 Å². The average Bonchev–Trinajstić information content (AvgIpc) is 2.74. The van der Waals surface area contributed by atoms with Gasteiger partial charge in [-0.2, -0.15) is 0 Å². The van der Waals surface area contributed by atoms with Crippen molar-refractivity contribution < 1.29 is 9.59 Å². The lowest BCUT2D eigenvalue weighted by Crippen LogP contribution is -2.43. The number of benzene rings is 1. The number of halogens is 1. The van der Waals surface area contributed by atoms with Gasteiger partial charge in [0.15, 0.2) is 0 Å². The molecule has 0 unspecified atom stereocenters. The lowest BCUT2D eigenvalue weighted by Gasteiger charge is -2.38. The summed E-state index contributed by atoms with van der Waals surface area (Å²) in [6.45, 7) is 8.03. The number of hydrogen-bond acceptors (Lipinski definition) is 2. The number of Topliss-reactive ketones (excluding diaryl/α,β-unsaturated/α-hetero) is 1. The molecule has 0 saturated heterocycles. The van der Waals surface area contributed by atoms with Gasteiger partial charge in [-0.15, -0.1) is 0 Å². The van der Waals surface area contributed by atoms with E-state index >= 15 is 0 Å². The van der Waals surface area contributed by atoms with Gasteiger partial charge in [-0.25, -0.2) is 0 Å². The third-order valence-electron chi connectivity index (χ3n) is 6.66. The number of amides is 1. The Balaban J connectivity index is 1.96. The molecule has 1 N–H and O–H groups in total. The summed E-state index contributed by atoms with van der Waals surface area (Å²) in [5, 5.41) is 3.66. The molecule has 0 spiro atoms. The van der Waals surface area contributed by atoms with Crippen molar-refractivity contribution in [3.63, 3.8) is 0 Å². The molecule has 3 rings (SSSR count). The standard InChI is InChI=1S/C18H22ClNO2/c1-11-12(19)6-5-7-13(11)20-15(22)18-9-8-17(4,14(21)10-18)16(18,2)3/h5-7H,8-10H2,1-4H3,(H,20,22)/t17-,18+/m1/s1. The van der Waals surface area contributed by atoms with Gasteiger partial charge in [-0.1, -0.05) is 38.4 Å². The summed E-state index contributed by atoms with van der Waals surface area (Å²) in [6, 6.07) is 5.49. The third-order valence-corrected chi connectivity index (χ3v) is 7.07. The first-order valence-corrected chi connectivity index (χ1v) is 8.13. The average molecular weight is 320 g/mol. The van der Waals surface area contributed by atoms with Crippen molar-refractivity contribution in [2.75, 3.05) is 5.32 Å². The minimum Gasteiger partial charge on any atom is -0.325 e. The van der Waals surface area contributed by atoms with Crippen molar-refractivity contribution in [2.45, 2.75) is 47.0 Å². The summed E-state index contributed by atoms with van der Waals surface area (Å²) in [5.74, 6) is 0.180. The van der Waals surface area contributed by atoms with Crippen LogP contribution in [0, 0.1) is 23.2 Å². The molecule has 0 heterocycles. The molecule has 1 aromatic rings. The van der Waals surface area contributed by atoms with Gasteiger partial charge in [-0.05, 0) is 42.9 Å². The predicted molar refractivity (Wildman–Crippen MR) is 88.0 cm³/mol. The number of rotatable bonds is 2. The van der Waals surface area contributed by atoms with Gasteiger partial charge in [-0.3, -0.25) is 9.59 Å². The minimum absolute atomic E-state index is 0.0440. The zero-order valence-corrected chi connectivity index (χ0v) is 14.3. The SMILES string of the molecule is Cc1c(Cl)cccc1NC(=O)[C@]12CC[C@](C)(C(=O)C1)C2(C)C. The van der Waals surface area contributed by atoms with Crippen molar-refractivity contribution in [3.8, 4) is 0 Å². The van der Waals surface area contributed by atoms with Crippen molar-refractivity contribution in [1.82, 2.24) is 0 Å². The molecule has 1 aromatic carbocycles. The molecule has 22 heavy (non-hydrogen) atoms. The summed E-state index contributed by atoms with van der Waals surface area (Å²) < 4.78 is 0. The molecule has 2 fully saturated rings. The zero-order chi connectivity index (χ0) is 16.3.